The second-order valence-electron chi connectivity index (χ2n) is 4.33. The van der Waals surface area contributed by atoms with Crippen molar-refractivity contribution in [2.24, 2.45) is 0 Å². The molecule has 0 radical (unpaired) electrons. The lowest BCUT2D eigenvalue weighted by molar-refractivity contribution is -0.137. The van der Waals surface area contributed by atoms with E-state index in [9.17, 15) is 18.0 Å². The van der Waals surface area contributed by atoms with Gasteiger partial charge in [0.2, 0.25) is 5.91 Å². The fraction of sp³-hybridized carbons (Fsp3) is 0.154. The van der Waals surface area contributed by atoms with Crippen molar-refractivity contribution >= 4 is 27.5 Å². The van der Waals surface area contributed by atoms with E-state index >= 15 is 0 Å². The maximum atomic E-state index is 12.6. The van der Waals surface area contributed by atoms with Gasteiger partial charge in [0, 0.05) is 12.4 Å². The molecule has 21 heavy (non-hydrogen) atoms. The molecule has 3 aromatic rings. The second kappa shape index (κ2) is 4.96. The Balaban J connectivity index is 1.89. The van der Waals surface area contributed by atoms with Crippen LogP contribution in [0.5, 0.6) is 0 Å². The van der Waals surface area contributed by atoms with E-state index in [2.05, 4.69) is 9.97 Å². The van der Waals surface area contributed by atoms with Crippen LogP contribution in [0.3, 0.4) is 0 Å². The van der Waals surface area contributed by atoms with E-state index in [4.69, 9.17) is 0 Å². The van der Waals surface area contributed by atoms with Crippen LogP contribution in [0.1, 0.15) is 15.4 Å². The molecule has 0 aliphatic carbocycles. The number of rotatable bonds is 2. The zero-order valence-electron chi connectivity index (χ0n) is 10.5. The fourth-order valence-electron chi connectivity index (χ4n) is 1.85. The number of hydrogen-bond donors (Lipinski definition) is 0. The quantitative estimate of drug-likeness (QED) is 0.729. The van der Waals surface area contributed by atoms with Gasteiger partial charge >= 0.3 is 6.18 Å². The third-order valence-corrected chi connectivity index (χ3v) is 3.87. The number of carbonyl (C=O) groups is 1. The number of thiazole rings is 1. The highest BCUT2D eigenvalue weighted by Crippen LogP contribution is 2.33. The SMILES string of the molecule is O=C(Cc1nc2ccc(C(F)(F)F)cc2s1)n1ccnc1. The fourth-order valence-corrected chi connectivity index (χ4v) is 2.85. The summed E-state index contributed by atoms with van der Waals surface area (Å²) >= 11 is 1.09. The van der Waals surface area contributed by atoms with Crippen LogP contribution in [-0.4, -0.2) is 20.4 Å². The van der Waals surface area contributed by atoms with Gasteiger partial charge in [-0.15, -0.1) is 11.3 Å². The third-order valence-electron chi connectivity index (χ3n) is 2.85. The van der Waals surface area contributed by atoms with Crippen molar-refractivity contribution < 1.29 is 18.0 Å². The summed E-state index contributed by atoms with van der Waals surface area (Å²) in [6.07, 6.45) is 0.00269. The first kappa shape index (κ1) is 13.7. The van der Waals surface area contributed by atoms with Gasteiger partial charge in [-0.05, 0) is 18.2 Å². The predicted octanol–water partition coefficient (Wildman–Crippen LogP) is 3.39. The zero-order chi connectivity index (χ0) is 15.0. The van der Waals surface area contributed by atoms with Crippen LogP contribution in [0.15, 0.2) is 36.9 Å². The van der Waals surface area contributed by atoms with Crippen LogP contribution >= 0.6 is 11.3 Å². The van der Waals surface area contributed by atoms with Crippen LogP contribution in [0, 0.1) is 0 Å². The number of halogens is 3. The van der Waals surface area contributed by atoms with Gasteiger partial charge in [0.25, 0.3) is 0 Å². The molecular weight excluding hydrogens is 303 g/mol. The molecule has 0 unspecified atom stereocenters. The first-order valence-electron chi connectivity index (χ1n) is 5.91. The molecule has 2 aromatic heterocycles. The largest absolute Gasteiger partial charge is 0.416 e. The van der Waals surface area contributed by atoms with Crippen LogP contribution in [0.4, 0.5) is 13.2 Å². The minimum absolute atomic E-state index is 0.0249. The molecule has 8 heteroatoms. The number of alkyl halides is 3. The molecule has 2 heterocycles. The lowest BCUT2D eigenvalue weighted by atomic mass is 10.2. The molecular formula is C13H8F3N3OS. The van der Waals surface area contributed by atoms with Gasteiger partial charge in [-0.25, -0.2) is 9.97 Å². The normalized spacial score (nSPS) is 12.0. The van der Waals surface area contributed by atoms with E-state index in [-0.39, 0.29) is 12.3 Å². The Morgan fingerprint density at radius 3 is 2.81 bits per heavy atom. The molecule has 4 nitrogen and oxygen atoms in total. The lowest BCUT2D eigenvalue weighted by Crippen LogP contribution is -2.10. The second-order valence-corrected chi connectivity index (χ2v) is 5.44. The molecule has 0 bridgehead atoms. The number of benzene rings is 1. The average Bonchev–Trinajstić information content (AvgIpc) is 3.05. The highest BCUT2D eigenvalue weighted by molar-refractivity contribution is 7.18. The van der Waals surface area contributed by atoms with E-state index in [1.54, 1.807) is 0 Å². The Morgan fingerprint density at radius 2 is 2.14 bits per heavy atom. The van der Waals surface area contributed by atoms with E-state index < -0.39 is 11.7 Å². The van der Waals surface area contributed by atoms with Crippen molar-refractivity contribution in [1.82, 2.24) is 14.5 Å². The monoisotopic (exact) mass is 311 g/mol. The third kappa shape index (κ3) is 2.80. The van der Waals surface area contributed by atoms with Gasteiger partial charge in [0.15, 0.2) is 0 Å². The molecule has 0 amide bonds. The molecule has 0 saturated heterocycles. The summed E-state index contributed by atoms with van der Waals surface area (Å²) in [4.78, 5) is 19.8. The molecule has 3 rings (SSSR count). The van der Waals surface area contributed by atoms with Gasteiger partial charge < -0.3 is 0 Å². The molecule has 0 spiro atoms. The van der Waals surface area contributed by atoms with Crippen LogP contribution in [0.2, 0.25) is 0 Å². The van der Waals surface area contributed by atoms with Crippen molar-refractivity contribution in [3.05, 3.63) is 47.5 Å². The Kier molecular flexibility index (Phi) is 3.25. The van der Waals surface area contributed by atoms with Gasteiger partial charge in [0.05, 0.1) is 22.2 Å². The van der Waals surface area contributed by atoms with E-state index in [0.29, 0.717) is 15.2 Å². The van der Waals surface area contributed by atoms with Gasteiger partial charge in [-0.3, -0.25) is 9.36 Å². The molecule has 108 valence electrons. The van der Waals surface area contributed by atoms with Crippen LogP contribution < -0.4 is 0 Å². The Morgan fingerprint density at radius 1 is 1.33 bits per heavy atom. The summed E-state index contributed by atoms with van der Waals surface area (Å²) in [5.74, 6) is -0.234. The highest BCUT2D eigenvalue weighted by atomic mass is 32.1. The van der Waals surface area contributed by atoms with Crippen molar-refractivity contribution in [1.29, 1.82) is 0 Å². The maximum Gasteiger partial charge on any atom is 0.416 e. The van der Waals surface area contributed by atoms with Crippen molar-refractivity contribution in [2.45, 2.75) is 12.6 Å². The maximum absolute atomic E-state index is 12.6. The number of hydrogen-bond acceptors (Lipinski definition) is 4. The van der Waals surface area contributed by atoms with Gasteiger partial charge in [0.1, 0.15) is 11.3 Å². The smallest absolute Gasteiger partial charge is 0.276 e. The first-order chi connectivity index (χ1) is 9.93. The summed E-state index contributed by atoms with van der Waals surface area (Å²) < 4.78 is 39.6. The summed E-state index contributed by atoms with van der Waals surface area (Å²) in [5, 5.41) is 0.475. The van der Waals surface area contributed by atoms with Crippen LogP contribution in [-0.2, 0) is 12.6 Å². The van der Waals surface area contributed by atoms with E-state index in [0.717, 1.165) is 23.5 Å². The number of aromatic nitrogens is 3. The van der Waals surface area contributed by atoms with E-state index in [1.807, 2.05) is 0 Å². The van der Waals surface area contributed by atoms with Crippen molar-refractivity contribution in [3.8, 4) is 0 Å². The van der Waals surface area contributed by atoms with Crippen molar-refractivity contribution in [2.75, 3.05) is 0 Å². The number of fused-ring (bicyclic) bond motifs is 1. The predicted molar refractivity (Wildman–Crippen MR) is 71.2 cm³/mol. The van der Waals surface area contributed by atoms with Gasteiger partial charge in [-0.2, -0.15) is 13.2 Å². The highest BCUT2D eigenvalue weighted by Gasteiger charge is 2.30. The minimum atomic E-state index is -4.38. The Labute approximate surface area is 120 Å². The molecule has 0 aliphatic rings. The molecule has 0 saturated carbocycles. The summed E-state index contributed by atoms with van der Waals surface area (Å²) in [6, 6.07) is 3.36. The molecule has 1 aromatic carbocycles. The zero-order valence-corrected chi connectivity index (χ0v) is 11.3. The summed E-state index contributed by atoms with van der Waals surface area (Å²) in [5.41, 5.74) is -0.257. The lowest BCUT2D eigenvalue weighted by Gasteiger charge is -2.04. The minimum Gasteiger partial charge on any atom is -0.276 e. The standard InChI is InChI=1S/C13H8F3N3OS/c14-13(15,16)8-1-2-9-10(5-8)21-11(18-9)6-12(20)19-4-3-17-7-19/h1-5,7H,6H2. The van der Waals surface area contributed by atoms with Gasteiger partial charge in [-0.1, -0.05) is 0 Å². The Hall–Kier alpha value is -2.22. The number of imidazole rings is 1. The number of nitrogens with zero attached hydrogens (tertiary/aromatic N) is 3. The summed E-state index contributed by atoms with van der Waals surface area (Å²) in [7, 11) is 0. The Bertz CT molecular complexity index is 793. The van der Waals surface area contributed by atoms with Crippen LogP contribution in [0.25, 0.3) is 10.2 Å². The number of carbonyl (C=O) groups excluding carboxylic acids is 1. The van der Waals surface area contributed by atoms with Crippen molar-refractivity contribution in [3.63, 3.8) is 0 Å². The first-order valence-corrected chi connectivity index (χ1v) is 6.73. The van der Waals surface area contributed by atoms with E-state index in [1.165, 1.54) is 29.4 Å². The topological polar surface area (TPSA) is 47.8 Å². The molecule has 0 fully saturated rings. The molecule has 0 N–H and O–H groups in total. The summed E-state index contributed by atoms with van der Waals surface area (Å²) in [6.45, 7) is 0. The molecule has 0 aliphatic heterocycles. The molecule has 0 atom stereocenters. The average molecular weight is 311 g/mol.